The lowest BCUT2D eigenvalue weighted by atomic mass is 9.65. The highest BCUT2D eigenvalue weighted by Gasteiger charge is 2.52. The molecule has 4 atom stereocenters. The number of carbonyl (C=O) groups is 1. The molecule has 2 heterocycles. The first-order chi connectivity index (χ1) is 15.1. The minimum atomic E-state index is -0.595. The molecule has 0 unspecified atom stereocenters. The summed E-state index contributed by atoms with van der Waals surface area (Å²) < 4.78 is 27.1. The number of hydrogen-bond donors (Lipinski definition) is 1. The van der Waals surface area contributed by atoms with Crippen LogP contribution in [0.2, 0.25) is 0 Å². The van der Waals surface area contributed by atoms with Crippen molar-refractivity contribution in [1.82, 2.24) is 0 Å². The average molecular weight is 425 g/mol. The number of azide groups is 1. The van der Waals surface area contributed by atoms with Crippen molar-refractivity contribution in [3.05, 3.63) is 51.4 Å². The number of methoxy groups -OCH3 is 2. The van der Waals surface area contributed by atoms with Crippen LogP contribution in [-0.4, -0.2) is 38.7 Å². The van der Waals surface area contributed by atoms with Crippen molar-refractivity contribution in [2.45, 2.75) is 12.0 Å². The second-order valence-electron chi connectivity index (χ2n) is 7.56. The molecule has 0 aromatic heterocycles. The number of rotatable bonds is 4. The summed E-state index contributed by atoms with van der Waals surface area (Å²) in [5.41, 5.74) is 11.4. The summed E-state index contributed by atoms with van der Waals surface area (Å²) in [6.07, 6.45) is 0. The second kappa shape index (κ2) is 7.17. The fraction of sp³-hybridized carbons (Fsp3) is 0.381. The highest BCUT2D eigenvalue weighted by Crippen LogP contribution is 2.56. The Balaban J connectivity index is 1.78. The van der Waals surface area contributed by atoms with Crippen LogP contribution in [0.4, 0.5) is 0 Å². The van der Waals surface area contributed by atoms with Crippen molar-refractivity contribution < 1.29 is 33.6 Å². The molecule has 0 bridgehead atoms. The predicted octanol–water partition coefficient (Wildman–Crippen LogP) is 3.42. The Bertz CT molecular complexity index is 1100. The van der Waals surface area contributed by atoms with Crippen LogP contribution in [0.25, 0.3) is 10.4 Å². The van der Waals surface area contributed by atoms with Crippen molar-refractivity contribution >= 4 is 5.97 Å². The van der Waals surface area contributed by atoms with E-state index in [4.69, 9.17) is 23.7 Å². The van der Waals surface area contributed by atoms with Gasteiger partial charge in [0.05, 0.1) is 32.8 Å². The molecule has 1 aliphatic carbocycles. The van der Waals surface area contributed by atoms with E-state index in [9.17, 15) is 15.4 Å². The molecule has 2 aliphatic heterocycles. The largest absolute Gasteiger partial charge is 0.502 e. The first-order valence-electron chi connectivity index (χ1n) is 9.66. The molecule has 0 radical (unpaired) electrons. The number of ether oxygens (including phenoxy) is 5. The van der Waals surface area contributed by atoms with Gasteiger partial charge in [-0.05, 0) is 46.5 Å². The molecule has 0 amide bonds. The molecule has 1 saturated heterocycles. The van der Waals surface area contributed by atoms with E-state index in [0.29, 0.717) is 17.1 Å². The van der Waals surface area contributed by atoms with Crippen molar-refractivity contribution in [3.63, 3.8) is 0 Å². The van der Waals surface area contributed by atoms with Crippen LogP contribution in [0.3, 0.4) is 0 Å². The molecular formula is C21H19N3O7. The molecule has 0 saturated carbocycles. The third kappa shape index (κ3) is 2.79. The van der Waals surface area contributed by atoms with E-state index in [0.717, 1.165) is 11.1 Å². The number of phenols is 1. The number of fused-ring (bicyclic) bond motifs is 3. The second-order valence-corrected chi connectivity index (χ2v) is 7.56. The van der Waals surface area contributed by atoms with Gasteiger partial charge in [0.25, 0.3) is 0 Å². The van der Waals surface area contributed by atoms with Gasteiger partial charge in [-0.2, -0.15) is 0 Å². The lowest BCUT2D eigenvalue weighted by Gasteiger charge is -2.37. The Morgan fingerprint density at radius 3 is 2.32 bits per heavy atom. The van der Waals surface area contributed by atoms with Gasteiger partial charge in [0.2, 0.25) is 12.5 Å². The third-order valence-corrected chi connectivity index (χ3v) is 6.19. The van der Waals surface area contributed by atoms with E-state index in [2.05, 4.69) is 10.0 Å². The van der Waals surface area contributed by atoms with E-state index in [1.807, 2.05) is 6.07 Å². The van der Waals surface area contributed by atoms with Gasteiger partial charge in [0.1, 0.15) is 0 Å². The number of aromatic hydroxyl groups is 1. The summed E-state index contributed by atoms with van der Waals surface area (Å²) in [5, 5.41) is 14.4. The van der Waals surface area contributed by atoms with Gasteiger partial charge in [-0.1, -0.05) is 5.11 Å². The molecule has 0 spiro atoms. The van der Waals surface area contributed by atoms with Crippen LogP contribution in [0.5, 0.6) is 28.7 Å². The normalized spacial score (nSPS) is 25.2. The number of esters is 1. The van der Waals surface area contributed by atoms with E-state index >= 15 is 0 Å². The number of phenolic OH excluding ortho intramolecular Hbond substituents is 1. The van der Waals surface area contributed by atoms with Gasteiger partial charge in [-0.25, -0.2) is 0 Å². The number of cyclic esters (lactones) is 1. The Hall–Kier alpha value is -3.78. The first kappa shape index (κ1) is 19.2. The fourth-order valence-corrected chi connectivity index (χ4v) is 4.83. The highest BCUT2D eigenvalue weighted by atomic mass is 16.7. The number of hydrogen-bond acceptors (Lipinski definition) is 8. The lowest BCUT2D eigenvalue weighted by molar-refractivity contribution is -0.141. The Morgan fingerprint density at radius 1 is 1.06 bits per heavy atom. The molecule has 1 N–H and O–H groups in total. The smallest absolute Gasteiger partial charge is 0.310 e. The summed E-state index contributed by atoms with van der Waals surface area (Å²) >= 11 is 0. The number of benzene rings is 2. The number of carbonyl (C=O) groups excluding carboxylic acids is 1. The first-order valence-corrected chi connectivity index (χ1v) is 9.66. The highest BCUT2D eigenvalue weighted by molar-refractivity contribution is 5.79. The van der Waals surface area contributed by atoms with E-state index < -0.39 is 17.9 Å². The van der Waals surface area contributed by atoms with Gasteiger partial charge in [-0.15, -0.1) is 0 Å². The molecule has 3 aliphatic rings. The van der Waals surface area contributed by atoms with Gasteiger partial charge in [0.15, 0.2) is 23.0 Å². The fourth-order valence-electron chi connectivity index (χ4n) is 4.83. The maximum atomic E-state index is 12.8. The SMILES string of the molecule is COc1cc([C@@H]2c3cc4c(cc3[C@@H](N=[N+]=[N-])[C@H]3COC(=O)[C@H]23)OCO4)cc(OC)c1O. The molecule has 5 rings (SSSR count). The predicted molar refractivity (Wildman–Crippen MR) is 105 cm³/mol. The zero-order valence-corrected chi connectivity index (χ0v) is 16.8. The summed E-state index contributed by atoms with van der Waals surface area (Å²) in [6.45, 7) is 0.231. The molecule has 2 aromatic carbocycles. The standard InChI is InChI=1S/C21H19N3O7/c1-27-15-3-9(4-16(28-2)20(15)25)17-10-5-13-14(31-8-30-13)6-11(10)19(23-24-22)12-7-29-21(26)18(12)17/h3-6,12,17-19,25H,7-8H2,1-2H3/t12-,17+,18-,19+/m0/s1. The van der Waals surface area contributed by atoms with E-state index in [1.165, 1.54) is 14.2 Å². The topological polar surface area (TPSA) is 132 Å². The average Bonchev–Trinajstić information content (AvgIpc) is 3.39. The Morgan fingerprint density at radius 2 is 1.71 bits per heavy atom. The zero-order chi connectivity index (χ0) is 21.7. The van der Waals surface area contributed by atoms with Crippen molar-refractivity contribution in [1.29, 1.82) is 0 Å². The molecular weight excluding hydrogens is 406 g/mol. The van der Waals surface area contributed by atoms with Crippen LogP contribution < -0.4 is 18.9 Å². The third-order valence-electron chi connectivity index (χ3n) is 6.19. The van der Waals surface area contributed by atoms with Gasteiger partial charge < -0.3 is 28.8 Å². The number of nitrogens with zero attached hydrogens (tertiary/aromatic N) is 3. The van der Waals surface area contributed by atoms with Crippen LogP contribution in [-0.2, 0) is 9.53 Å². The molecule has 160 valence electrons. The summed E-state index contributed by atoms with van der Waals surface area (Å²) in [6, 6.07) is 6.37. The van der Waals surface area contributed by atoms with E-state index in [1.54, 1.807) is 18.2 Å². The quantitative estimate of drug-likeness (QED) is 0.343. The molecule has 10 heteroatoms. The Kier molecular flexibility index (Phi) is 4.44. The van der Waals surface area contributed by atoms with Crippen molar-refractivity contribution in [3.8, 4) is 28.7 Å². The molecule has 31 heavy (non-hydrogen) atoms. The van der Waals surface area contributed by atoms with Gasteiger partial charge >= 0.3 is 5.97 Å². The zero-order valence-electron chi connectivity index (χ0n) is 16.8. The summed E-state index contributed by atoms with van der Waals surface area (Å²) in [7, 11) is 2.88. The van der Waals surface area contributed by atoms with Crippen LogP contribution in [0.1, 0.15) is 28.7 Å². The van der Waals surface area contributed by atoms with Crippen LogP contribution in [0.15, 0.2) is 29.4 Å². The Labute approximate surface area is 176 Å². The summed E-state index contributed by atoms with van der Waals surface area (Å²) in [4.78, 5) is 15.9. The maximum Gasteiger partial charge on any atom is 0.310 e. The van der Waals surface area contributed by atoms with Crippen LogP contribution >= 0.6 is 0 Å². The van der Waals surface area contributed by atoms with Gasteiger partial charge in [0, 0.05) is 16.7 Å². The van der Waals surface area contributed by atoms with Crippen molar-refractivity contribution in [2.75, 3.05) is 27.6 Å². The minimum absolute atomic E-state index is 0.0881. The van der Waals surface area contributed by atoms with E-state index in [-0.39, 0.29) is 42.5 Å². The molecule has 2 aromatic rings. The van der Waals surface area contributed by atoms with Crippen LogP contribution in [0, 0.1) is 11.8 Å². The molecule has 10 nitrogen and oxygen atoms in total. The minimum Gasteiger partial charge on any atom is -0.502 e. The molecule has 1 fully saturated rings. The maximum absolute atomic E-state index is 12.8. The lowest BCUT2D eigenvalue weighted by Crippen LogP contribution is -2.34. The van der Waals surface area contributed by atoms with Crippen molar-refractivity contribution in [2.24, 2.45) is 17.0 Å². The van der Waals surface area contributed by atoms with Gasteiger partial charge in [-0.3, -0.25) is 4.79 Å². The summed E-state index contributed by atoms with van der Waals surface area (Å²) in [5.74, 6) is -0.373. The monoisotopic (exact) mass is 425 g/mol.